The van der Waals surface area contributed by atoms with Gasteiger partial charge in [-0.25, -0.2) is 0 Å². The smallest absolute Gasteiger partial charge is 0.182 e. The first-order valence-electron chi connectivity index (χ1n) is 4.70. The highest BCUT2D eigenvalue weighted by molar-refractivity contribution is 5.84. The normalized spacial score (nSPS) is 22.3. The van der Waals surface area contributed by atoms with Gasteiger partial charge in [0.15, 0.2) is 5.84 Å². The van der Waals surface area contributed by atoms with Crippen molar-refractivity contribution < 1.29 is 29.1 Å². The number of amidine groups is 1. The fourth-order valence-electron chi connectivity index (χ4n) is 1.45. The summed E-state index contributed by atoms with van der Waals surface area (Å²) in [7, 11) is 1.95. The average Bonchev–Trinajstić information content (AvgIpc) is 2.46. The first-order valence-corrected chi connectivity index (χ1v) is 4.70. The van der Waals surface area contributed by atoms with Crippen LogP contribution in [-0.4, -0.2) is 12.9 Å². The summed E-state index contributed by atoms with van der Waals surface area (Å²) in [6.45, 7) is 8.16. The highest BCUT2D eigenvalue weighted by Crippen LogP contribution is 2.16. The van der Waals surface area contributed by atoms with Crippen LogP contribution in [0.1, 0.15) is 20.3 Å². The molecule has 0 fully saturated rings. The van der Waals surface area contributed by atoms with E-state index in [0.29, 0.717) is 11.8 Å². The lowest BCUT2D eigenvalue weighted by molar-refractivity contribution is -0.930. The van der Waals surface area contributed by atoms with Crippen molar-refractivity contribution in [1.29, 1.82) is 0 Å². The van der Waals surface area contributed by atoms with E-state index in [1.165, 1.54) is 0 Å². The molecule has 1 unspecified atom stereocenters. The van der Waals surface area contributed by atoms with Crippen molar-refractivity contribution in [2.24, 2.45) is 16.9 Å². The maximum Gasteiger partial charge on any atom is 0.182 e. The number of rotatable bonds is 4. The number of quaternary nitrogens is 1. The zero-order chi connectivity index (χ0) is 9.84. The lowest BCUT2D eigenvalue weighted by atomic mass is 9.91. The molecule has 0 bridgehead atoms. The summed E-state index contributed by atoms with van der Waals surface area (Å²) >= 11 is 0. The van der Waals surface area contributed by atoms with Gasteiger partial charge in [0.2, 0.25) is 0 Å². The van der Waals surface area contributed by atoms with Crippen molar-refractivity contribution >= 4 is 5.84 Å². The van der Waals surface area contributed by atoms with Gasteiger partial charge >= 0.3 is 0 Å². The van der Waals surface area contributed by atoms with Crippen molar-refractivity contribution in [2.75, 3.05) is 7.05 Å². The molecule has 1 aliphatic heterocycles. The number of hydrogen-bond acceptors (Lipinski definition) is 3. The van der Waals surface area contributed by atoms with Crippen LogP contribution in [0.3, 0.4) is 0 Å². The van der Waals surface area contributed by atoms with E-state index in [0.717, 1.165) is 17.4 Å². The highest BCUT2D eigenvalue weighted by atomic mass is 127. The van der Waals surface area contributed by atoms with Crippen LogP contribution >= 0.6 is 0 Å². The summed E-state index contributed by atoms with van der Waals surface area (Å²) in [5.74, 6) is 2.06. The number of hydrazine groups is 1. The van der Waals surface area contributed by atoms with Crippen LogP contribution in [0.2, 0.25) is 0 Å². The van der Waals surface area contributed by atoms with Crippen molar-refractivity contribution in [2.45, 2.75) is 20.3 Å². The molecule has 0 spiro atoms. The van der Waals surface area contributed by atoms with Crippen LogP contribution in [0.4, 0.5) is 0 Å². The summed E-state index contributed by atoms with van der Waals surface area (Å²) < 4.78 is 0. The lowest BCUT2D eigenvalue weighted by Crippen LogP contribution is -3.10. The fourth-order valence-corrected chi connectivity index (χ4v) is 1.45. The number of allylic oxidation sites excluding steroid dienone is 1. The SMILES string of the molecule is C=CC[C@@H](C1=N[NH+](C)NN1)C(C)C.[I-]. The molecule has 2 atom stereocenters. The molecular weight excluding hydrogens is 291 g/mol. The number of halogens is 1. The molecule has 0 aromatic heterocycles. The molecule has 0 amide bonds. The van der Waals surface area contributed by atoms with Gasteiger partial charge in [-0.05, 0) is 17.4 Å². The van der Waals surface area contributed by atoms with Crippen molar-refractivity contribution in [3.8, 4) is 0 Å². The van der Waals surface area contributed by atoms with E-state index in [1.54, 1.807) is 0 Å². The Hall–Kier alpha value is -0.140. The first-order chi connectivity index (χ1) is 6.15. The summed E-state index contributed by atoms with van der Waals surface area (Å²) in [5, 5.41) is 5.33. The third kappa shape index (κ3) is 3.55. The minimum atomic E-state index is 0. The van der Waals surface area contributed by atoms with Gasteiger partial charge < -0.3 is 24.0 Å². The van der Waals surface area contributed by atoms with E-state index in [2.05, 4.69) is 36.5 Å². The van der Waals surface area contributed by atoms with Crippen LogP contribution in [0.5, 0.6) is 0 Å². The topological polar surface area (TPSA) is 40.9 Å². The maximum absolute atomic E-state index is 4.39. The van der Waals surface area contributed by atoms with E-state index >= 15 is 0 Å². The monoisotopic (exact) mass is 310 g/mol. The number of nitrogens with zero attached hydrogens (tertiary/aromatic N) is 1. The van der Waals surface area contributed by atoms with Crippen molar-refractivity contribution in [1.82, 2.24) is 11.0 Å². The molecule has 1 heterocycles. The summed E-state index contributed by atoms with van der Waals surface area (Å²) in [4.78, 5) is 0. The zero-order valence-corrected chi connectivity index (χ0v) is 11.1. The van der Waals surface area contributed by atoms with Gasteiger partial charge in [0, 0.05) is 5.92 Å². The Kier molecular flexibility index (Phi) is 6.30. The Morgan fingerprint density at radius 3 is 2.57 bits per heavy atom. The molecule has 14 heavy (non-hydrogen) atoms. The summed E-state index contributed by atoms with van der Waals surface area (Å²) in [5.41, 5.74) is 6.08. The van der Waals surface area contributed by atoms with Gasteiger partial charge in [-0.15, -0.1) is 11.7 Å². The molecule has 5 heteroatoms. The summed E-state index contributed by atoms with van der Waals surface area (Å²) in [6, 6.07) is 0. The Morgan fingerprint density at radius 2 is 2.21 bits per heavy atom. The highest BCUT2D eigenvalue weighted by Gasteiger charge is 2.25. The molecule has 0 saturated carbocycles. The molecule has 3 N–H and O–H groups in total. The second kappa shape index (κ2) is 6.36. The van der Waals surface area contributed by atoms with Gasteiger partial charge in [0.1, 0.15) is 7.05 Å². The molecule has 0 aromatic carbocycles. The average molecular weight is 310 g/mol. The Morgan fingerprint density at radius 1 is 1.57 bits per heavy atom. The van der Waals surface area contributed by atoms with E-state index in [9.17, 15) is 0 Å². The molecule has 0 radical (unpaired) electrons. The fraction of sp³-hybridized carbons (Fsp3) is 0.667. The summed E-state index contributed by atoms with van der Waals surface area (Å²) in [6.07, 6.45) is 2.92. The van der Waals surface area contributed by atoms with E-state index in [-0.39, 0.29) is 24.0 Å². The van der Waals surface area contributed by atoms with Gasteiger partial charge in [-0.2, -0.15) is 0 Å². The minimum absolute atomic E-state index is 0. The van der Waals surface area contributed by atoms with Gasteiger partial charge in [0.05, 0.1) is 0 Å². The maximum atomic E-state index is 4.39. The molecule has 4 nitrogen and oxygen atoms in total. The van der Waals surface area contributed by atoms with E-state index in [1.807, 2.05) is 13.1 Å². The second-order valence-electron chi connectivity index (χ2n) is 3.71. The Bertz CT molecular complexity index is 215. The van der Waals surface area contributed by atoms with E-state index < -0.39 is 0 Å². The Balaban J connectivity index is 0.00000169. The first kappa shape index (κ1) is 13.9. The van der Waals surface area contributed by atoms with Gasteiger partial charge in [0.25, 0.3) is 0 Å². The quantitative estimate of drug-likeness (QED) is 0.376. The zero-order valence-electron chi connectivity index (χ0n) is 8.97. The molecule has 82 valence electrons. The second-order valence-corrected chi connectivity index (χ2v) is 3.71. The molecule has 0 aliphatic carbocycles. The molecule has 1 rings (SSSR count). The minimum Gasteiger partial charge on any atom is -1.00 e. The molecule has 1 aliphatic rings. The van der Waals surface area contributed by atoms with Crippen LogP contribution < -0.4 is 40.1 Å². The standard InChI is InChI=1S/C9H18N4.HI/c1-5-6-8(7(2)3)9-10-12-13(4)11-9;/h5,7-8,12H,1,6H2,2-4H3,(H,10,11);1H/t8-;/m1./s1. The predicted octanol–water partition coefficient (Wildman–Crippen LogP) is -3.31. The van der Waals surface area contributed by atoms with E-state index in [4.69, 9.17) is 0 Å². The third-order valence-corrected chi connectivity index (χ3v) is 2.24. The largest absolute Gasteiger partial charge is 1.00 e. The number of hydrogen-bond donors (Lipinski definition) is 3. The van der Waals surface area contributed by atoms with Gasteiger partial charge in [-0.3, -0.25) is 5.43 Å². The van der Waals surface area contributed by atoms with Gasteiger partial charge in [-0.1, -0.05) is 25.5 Å². The lowest BCUT2D eigenvalue weighted by Gasteiger charge is -2.16. The van der Waals surface area contributed by atoms with Crippen molar-refractivity contribution in [3.05, 3.63) is 12.7 Å². The van der Waals surface area contributed by atoms with Crippen LogP contribution in [0, 0.1) is 11.8 Å². The molecular formula is C9H19IN4. The predicted molar refractivity (Wildman–Crippen MR) is 53.7 cm³/mol. The van der Waals surface area contributed by atoms with Crippen LogP contribution in [0.15, 0.2) is 17.8 Å². The molecule has 0 aromatic rings. The molecule has 0 saturated heterocycles. The third-order valence-electron chi connectivity index (χ3n) is 2.24. The van der Waals surface area contributed by atoms with Crippen LogP contribution in [-0.2, 0) is 0 Å². The Labute approximate surface area is 103 Å². The van der Waals surface area contributed by atoms with Crippen molar-refractivity contribution in [3.63, 3.8) is 0 Å². The van der Waals surface area contributed by atoms with Crippen LogP contribution in [0.25, 0.3) is 0 Å². The number of nitrogens with one attached hydrogen (secondary N) is 3.